The number of nitrogens with zero attached hydrogens (tertiary/aromatic N) is 1. The van der Waals surface area contributed by atoms with Crippen molar-refractivity contribution in [3.8, 4) is 0 Å². The van der Waals surface area contributed by atoms with Crippen molar-refractivity contribution in [3.63, 3.8) is 0 Å². The molecule has 0 aromatic heterocycles. The van der Waals surface area contributed by atoms with Crippen LogP contribution in [0.15, 0.2) is 0 Å². The Morgan fingerprint density at radius 3 is 2.56 bits per heavy atom. The maximum Gasteiger partial charge on any atom is 0.317 e. The molecule has 0 aliphatic heterocycles. The Bertz CT molecular complexity index is 268. The number of carbonyl (C=O) groups is 2. The van der Waals surface area contributed by atoms with Crippen molar-refractivity contribution in [3.05, 3.63) is 0 Å². The first-order valence-corrected chi connectivity index (χ1v) is 5.71. The van der Waals surface area contributed by atoms with E-state index in [1.54, 1.807) is 18.9 Å². The molecule has 5 nitrogen and oxygen atoms in total. The van der Waals surface area contributed by atoms with Crippen LogP contribution in [-0.4, -0.2) is 47.6 Å². The molecule has 92 valence electrons. The van der Waals surface area contributed by atoms with Crippen LogP contribution in [0.1, 0.15) is 32.6 Å². The summed E-state index contributed by atoms with van der Waals surface area (Å²) in [4.78, 5) is 23.5. The molecule has 2 N–H and O–H groups in total. The van der Waals surface area contributed by atoms with Crippen LogP contribution in [0.3, 0.4) is 0 Å². The Morgan fingerprint density at radius 2 is 2.00 bits per heavy atom. The number of carboxylic acid groups (broad SMARTS) is 1. The van der Waals surface area contributed by atoms with Gasteiger partial charge in [-0.3, -0.25) is 9.59 Å². The molecule has 0 radical (unpaired) electrons. The summed E-state index contributed by atoms with van der Waals surface area (Å²) >= 11 is 0. The van der Waals surface area contributed by atoms with Gasteiger partial charge in [0, 0.05) is 26.1 Å². The molecule has 1 amide bonds. The second kappa shape index (κ2) is 5.84. The van der Waals surface area contributed by atoms with E-state index in [0.29, 0.717) is 0 Å². The van der Waals surface area contributed by atoms with Gasteiger partial charge in [-0.15, -0.1) is 0 Å². The van der Waals surface area contributed by atoms with Gasteiger partial charge in [0.1, 0.15) is 0 Å². The third-order valence-electron chi connectivity index (χ3n) is 3.24. The van der Waals surface area contributed by atoms with Crippen LogP contribution >= 0.6 is 0 Å². The van der Waals surface area contributed by atoms with Crippen LogP contribution in [0.25, 0.3) is 0 Å². The minimum atomic E-state index is -0.852. The number of aliphatic carboxylic acids is 1. The second-order valence-electron chi connectivity index (χ2n) is 4.36. The summed E-state index contributed by atoms with van der Waals surface area (Å²) in [6.45, 7) is 1.51. The standard InChI is InChI=1S/C11H20N2O3/c1-8(14)13(2)10-6-4-3-5-9(10)12-7-11(15)16/h9-10,12H,3-7H2,1-2H3,(H,15,16)/t9-,10+/m0/s1. The third-order valence-corrected chi connectivity index (χ3v) is 3.24. The first kappa shape index (κ1) is 13.0. The van der Waals surface area contributed by atoms with Crippen molar-refractivity contribution >= 4 is 11.9 Å². The molecular weight excluding hydrogens is 208 g/mol. The average Bonchev–Trinajstić information content (AvgIpc) is 2.25. The zero-order chi connectivity index (χ0) is 12.1. The first-order valence-electron chi connectivity index (χ1n) is 5.71. The monoisotopic (exact) mass is 228 g/mol. The molecule has 0 aromatic rings. The second-order valence-corrected chi connectivity index (χ2v) is 4.36. The average molecular weight is 228 g/mol. The lowest BCUT2D eigenvalue weighted by Gasteiger charge is -2.37. The Hall–Kier alpha value is -1.10. The van der Waals surface area contributed by atoms with E-state index in [0.717, 1.165) is 25.7 Å². The molecule has 0 unspecified atom stereocenters. The summed E-state index contributed by atoms with van der Waals surface area (Å²) < 4.78 is 0. The lowest BCUT2D eigenvalue weighted by atomic mass is 9.89. The van der Waals surface area contributed by atoms with Crippen molar-refractivity contribution in [1.29, 1.82) is 0 Å². The summed E-state index contributed by atoms with van der Waals surface area (Å²) in [7, 11) is 1.79. The number of hydrogen-bond donors (Lipinski definition) is 2. The van der Waals surface area contributed by atoms with Gasteiger partial charge in [-0.05, 0) is 12.8 Å². The van der Waals surface area contributed by atoms with Crippen LogP contribution in [0.4, 0.5) is 0 Å². The van der Waals surface area contributed by atoms with Gasteiger partial charge in [0.2, 0.25) is 5.91 Å². The molecule has 16 heavy (non-hydrogen) atoms. The number of hydrogen-bond acceptors (Lipinski definition) is 3. The van der Waals surface area contributed by atoms with Crippen molar-refractivity contribution in [1.82, 2.24) is 10.2 Å². The van der Waals surface area contributed by atoms with Gasteiger partial charge < -0.3 is 15.3 Å². The number of amides is 1. The quantitative estimate of drug-likeness (QED) is 0.733. The third kappa shape index (κ3) is 3.48. The molecule has 1 rings (SSSR count). The van der Waals surface area contributed by atoms with E-state index in [9.17, 15) is 9.59 Å². The van der Waals surface area contributed by atoms with Gasteiger partial charge in [0.25, 0.3) is 0 Å². The number of carbonyl (C=O) groups excluding carboxylic acids is 1. The molecule has 2 atom stereocenters. The van der Waals surface area contributed by atoms with Gasteiger partial charge in [-0.1, -0.05) is 12.8 Å². The van der Waals surface area contributed by atoms with Gasteiger partial charge in [0.15, 0.2) is 0 Å². The minimum Gasteiger partial charge on any atom is -0.480 e. The molecule has 0 spiro atoms. The zero-order valence-electron chi connectivity index (χ0n) is 9.90. The van der Waals surface area contributed by atoms with Gasteiger partial charge >= 0.3 is 5.97 Å². The maximum atomic E-state index is 11.3. The molecule has 0 bridgehead atoms. The van der Waals surface area contributed by atoms with Crippen molar-refractivity contribution < 1.29 is 14.7 Å². The minimum absolute atomic E-state index is 0.0348. The topological polar surface area (TPSA) is 69.6 Å². The number of rotatable bonds is 4. The van der Waals surface area contributed by atoms with Crippen LogP contribution < -0.4 is 5.32 Å². The normalized spacial score (nSPS) is 25.1. The Morgan fingerprint density at radius 1 is 1.38 bits per heavy atom. The highest BCUT2D eigenvalue weighted by Crippen LogP contribution is 2.22. The van der Waals surface area contributed by atoms with Crippen LogP contribution in [0.5, 0.6) is 0 Å². The molecule has 1 saturated carbocycles. The van der Waals surface area contributed by atoms with Crippen molar-refractivity contribution in [2.45, 2.75) is 44.7 Å². The summed E-state index contributed by atoms with van der Waals surface area (Å²) in [5.41, 5.74) is 0. The van der Waals surface area contributed by atoms with Gasteiger partial charge in [-0.2, -0.15) is 0 Å². The highest BCUT2D eigenvalue weighted by Gasteiger charge is 2.29. The largest absolute Gasteiger partial charge is 0.480 e. The molecular formula is C11H20N2O3. The lowest BCUT2D eigenvalue weighted by Crippen LogP contribution is -2.52. The Labute approximate surface area is 95.8 Å². The van der Waals surface area contributed by atoms with Crippen molar-refractivity contribution in [2.75, 3.05) is 13.6 Å². The highest BCUT2D eigenvalue weighted by atomic mass is 16.4. The SMILES string of the molecule is CC(=O)N(C)[C@@H]1CCCC[C@@H]1NCC(=O)O. The van der Waals surface area contributed by atoms with E-state index >= 15 is 0 Å². The predicted molar refractivity (Wildman–Crippen MR) is 60.1 cm³/mol. The van der Waals surface area contributed by atoms with Gasteiger partial charge in [0.05, 0.1) is 6.54 Å². The van der Waals surface area contributed by atoms with Gasteiger partial charge in [-0.25, -0.2) is 0 Å². The van der Waals surface area contributed by atoms with E-state index in [4.69, 9.17) is 5.11 Å². The molecule has 1 aliphatic carbocycles. The number of carboxylic acids is 1. The van der Waals surface area contributed by atoms with E-state index in [2.05, 4.69) is 5.32 Å². The van der Waals surface area contributed by atoms with Crippen LogP contribution in [0.2, 0.25) is 0 Å². The fraction of sp³-hybridized carbons (Fsp3) is 0.818. The van der Waals surface area contributed by atoms with E-state index in [1.807, 2.05) is 0 Å². The molecule has 0 saturated heterocycles. The summed E-state index contributed by atoms with van der Waals surface area (Å²) in [6.07, 6.45) is 4.09. The van der Waals surface area contributed by atoms with Crippen molar-refractivity contribution in [2.24, 2.45) is 0 Å². The molecule has 0 heterocycles. The molecule has 1 fully saturated rings. The fourth-order valence-corrected chi connectivity index (χ4v) is 2.26. The highest BCUT2D eigenvalue weighted by molar-refractivity contribution is 5.73. The Balaban J connectivity index is 2.56. The number of nitrogens with one attached hydrogen (secondary N) is 1. The smallest absolute Gasteiger partial charge is 0.317 e. The molecule has 1 aliphatic rings. The lowest BCUT2D eigenvalue weighted by molar-refractivity contribution is -0.136. The first-order chi connectivity index (χ1) is 7.52. The predicted octanol–water partition coefficient (Wildman–Crippen LogP) is 0.450. The summed E-state index contributed by atoms with van der Waals surface area (Å²) in [5.74, 6) is -0.816. The molecule has 0 aromatic carbocycles. The summed E-state index contributed by atoms with van der Waals surface area (Å²) in [5, 5.41) is 11.6. The van der Waals surface area contributed by atoms with Crippen LogP contribution in [0, 0.1) is 0 Å². The van der Waals surface area contributed by atoms with E-state index in [-0.39, 0.29) is 24.5 Å². The van der Waals surface area contributed by atoms with Crippen LogP contribution in [-0.2, 0) is 9.59 Å². The summed E-state index contributed by atoms with van der Waals surface area (Å²) in [6, 6.07) is 0.240. The van der Waals surface area contributed by atoms with E-state index < -0.39 is 5.97 Å². The van der Waals surface area contributed by atoms with E-state index in [1.165, 1.54) is 0 Å². The molecule has 5 heteroatoms. The zero-order valence-corrected chi connectivity index (χ0v) is 9.90. The fourth-order valence-electron chi connectivity index (χ4n) is 2.26. The number of likely N-dealkylation sites (N-methyl/N-ethyl adjacent to an activating group) is 1. The Kier molecular flexibility index (Phi) is 4.73. The maximum absolute atomic E-state index is 11.3.